The van der Waals surface area contributed by atoms with Crippen molar-refractivity contribution in [3.8, 4) is 0 Å². The van der Waals surface area contributed by atoms with Crippen LogP contribution in [0.5, 0.6) is 0 Å². The zero-order chi connectivity index (χ0) is 17.4. The minimum Gasteiger partial charge on any atom is -0.466 e. The van der Waals surface area contributed by atoms with Gasteiger partial charge in [-0.1, -0.05) is 6.08 Å². The second-order valence-corrected chi connectivity index (χ2v) is 5.94. The van der Waals surface area contributed by atoms with Crippen molar-refractivity contribution in [2.45, 2.75) is 25.7 Å². The maximum atomic E-state index is 14.4. The van der Waals surface area contributed by atoms with Gasteiger partial charge in [0.2, 0.25) is 0 Å². The lowest BCUT2D eigenvalue weighted by Crippen LogP contribution is -2.41. The van der Waals surface area contributed by atoms with E-state index in [0.29, 0.717) is 24.2 Å². The van der Waals surface area contributed by atoms with Crippen LogP contribution in [0.2, 0.25) is 0 Å². The molecule has 0 aromatic heterocycles. The Morgan fingerprint density at radius 3 is 2.75 bits per heavy atom. The van der Waals surface area contributed by atoms with Gasteiger partial charge in [-0.3, -0.25) is 4.79 Å². The van der Waals surface area contributed by atoms with Crippen LogP contribution >= 0.6 is 0 Å². The molecular weight excluding hydrogens is 316 g/mol. The summed E-state index contributed by atoms with van der Waals surface area (Å²) < 4.78 is 32.9. The van der Waals surface area contributed by atoms with Gasteiger partial charge in [0.05, 0.1) is 18.6 Å². The summed E-state index contributed by atoms with van der Waals surface area (Å²) in [6.07, 6.45) is 2.75. The van der Waals surface area contributed by atoms with E-state index in [1.54, 1.807) is 6.92 Å². The first kappa shape index (κ1) is 16.4. The number of fused-ring (bicyclic) bond motifs is 1. The number of methoxy groups -OCH3 is 1. The van der Waals surface area contributed by atoms with Crippen molar-refractivity contribution in [1.82, 2.24) is 5.32 Å². The first-order valence-electron chi connectivity index (χ1n) is 7.68. The van der Waals surface area contributed by atoms with Crippen LogP contribution in [0.25, 0.3) is 0 Å². The second kappa shape index (κ2) is 6.19. The highest BCUT2D eigenvalue weighted by Gasteiger charge is 2.44. The lowest BCUT2D eigenvalue weighted by atomic mass is 9.71. The average Bonchev–Trinajstić information content (AvgIpc) is 2.55. The van der Waals surface area contributed by atoms with Crippen molar-refractivity contribution in [1.29, 1.82) is 0 Å². The van der Waals surface area contributed by atoms with E-state index in [9.17, 15) is 18.4 Å². The monoisotopic (exact) mass is 333 g/mol. The Bertz CT molecular complexity index is 782. The van der Waals surface area contributed by atoms with Gasteiger partial charge in [-0.2, -0.15) is 0 Å². The van der Waals surface area contributed by atoms with Gasteiger partial charge in [0, 0.05) is 23.7 Å². The molecule has 0 fully saturated rings. The minimum atomic E-state index is -0.909. The standard InChI is InChI=1S/C18H17F2NO3/c1-9-15(18(23)24-2)16(11-8-10(19)6-7-12(11)20)17-13(21-9)4-3-5-14(17)22/h4,6-8,16-17,21H,3,5H2,1-2H3. The summed E-state index contributed by atoms with van der Waals surface area (Å²) in [6.45, 7) is 1.66. The van der Waals surface area contributed by atoms with Crippen molar-refractivity contribution in [2.24, 2.45) is 5.92 Å². The number of carbonyl (C=O) groups excluding carboxylic acids is 2. The van der Waals surface area contributed by atoms with Gasteiger partial charge in [0.25, 0.3) is 0 Å². The molecular formula is C18H17F2NO3. The Hall–Kier alpha value is -2.50. The Labute approximate surface area is 138 Å². The number of ketones is 1. The Morgan fingerprint density at radius 1 is 1.29 bits per heavy atom. The van der Waals surface area contributed by atoms with E-state index < -0.39 is 29.4 Å². The van der Waals surface area contributed by atoms with Crippen molar-refractivity contribution in [2.75, 3.05) is 7.11 Å². The topological polar surface area (TPSA) is 55.4 Å². The highest BCUT2D eigenvalue weighted by Crippen LogP contribution is 2.44. The smallest absolute Gasteiger partial charge is 0.336 e. The van der Waals surface area contributed by atoms with Gasteiger partial charge in [0.1, 0.15) is 17.4 Å². The van der Waals surface area contributed by atoms with Crippen molar-refractivity contribution in [3.63, 3.8) is 0 Å². The van der Waals surface area contributed by atoms with Crippen molar-refractivity contribution < 1.29 is 23.1 Å². The van der Waals surface area contributed by atoms with E-state index in [1.165, 1.54) is 7.11 Å². The molecule has 1 aliphatic heterocycles. The molecule has 0 amide bonds. The molecule has 1 aromatic carbocycles. The van der Waals surface area contributed by atoms with Crippen molar-refractivity contribution >= 4 is 11.8 Å². The van der Waals surface area contributed by atoms with Gasteiger partial charge >= 0.3 is 5.97 Å². The van der Waals surface area contributed by atoms with E-state index >= 15 is 0 Å². The molecule has 4 nitrogen and oxygen atoms in total. The molecule has 126 valence electrons. The number of Topliss-reactive ketones (excluding diaryl/α,β-unsaturated/α-hetero) is 1. The summed E-state index contributed by atoms with van der Waals surface area (Å²) in [5, 5.41) is 3.05. The lowest BCUT2D eigenvalue weighted by molar-refractivity contribution is -0.136. The molecule has 0 spiro atoms. The Balaban J connectivity index is 2.25. The molecule has 6 heteroatoms. The van der Waals surface area contributed by atoms with Crippen LogP contribution in [0.1, 0.15) is 31.2 Å². The molecule has 24 heavy (non-hydrogen) atoms. The maximum Gasteiger partial charge on any atom is 0.336 e. The molecule has 1 heterocycles. The predicted octanol–water partition coefficient (Wildman–Crippen LogP) is 2.96. The van der Waals surface area contributed by atoms with Crippen LogP contribution in [0.15, 0.2) is 41.2 Å². The summed E-state index contributed by atoms with van der Waals surface area (Å²) >= 11 is 0. The third kappa shape index (κ3) is 2.62. The van der Waals surface area contributed by atoms with Gasteiger partial charge in [-0.15, -0.1) is 0 Å². The number of allylic oxidation sites excluding steroid dienone is 3. The molecule has 2 aliphatic rings. The van der Waals surface area contributed by atoms with E-state index in [2.05, 4.69) is 5.32 Å². The number of ether oxygens (including phenoxy) is 1. The Kier molecular flexibility index (Phi) is 4.22. The van der Waals surface area contributed by atoms with Crippen LogP contribution in [0.4, 0.5) is 8.78 Å². The largest absolute Gasteiger partial charge is 0.466 e. The number of hydrogen-bond donors (Lipinski definition) is 1. The fourth-order valence-corrected chi connectivity index (χ4v) is 3.48. The van der Waals surface area contributed by atoms with Gasteiger partial charge in [-0.25, -0.2) is 13.6 Å². The third-order valence-corrected chi connectivity index (χ3v) is 4.52. The molecule has 0 bridgehead atoms. The van der Waals surface area contributed by atoms with E-state index in [-0.39, 0.29) is 16.9 Å². The zero-order valence-corrected chi connectivity index (χ0v) is 13.4. The predicted molar refractivity (Wildman–Crippen MR) is 82.8 cm³/mol. The summed E-state index contributed by atoms with van der Waals surface area (Å²) in [5.41, 5.74) is 1.25. The molecule has 0 saturated carbocycles. The molecule has 3 rings (SSSR count). The highest BCUT2D eigenvalue weighted by molar-refractivity contribution is 5.96. The first-order chi connectivity index (χ1) is 11.4. The molecule has 1 aromatic rings. The van der Waals surface area contributed by atoms with Gasteiger partial charge in [-0.05, 0) is 37.1 Å². The second-order valence-electron chi connectivity index (χ2n) is 5.94. The molecule has 2 atom stereocenters. The maximum absolute atomic E-state index is 14.4. The number of benzene rings is 1. The fraction of sp³-hybridized carbons (Fsp3) is 0.333. The molecule has 1 N–H and O–H groups in total. The summed E-state index contributed by atoms with van der Waals surface area (Å²) in [5.74, 6) is -3.70. The Morgan fingerprint density at radius 2 is 2.04 bits per heavy atom. The molecule has 0 saturated heterocycles. The first-order valence-corrected chi connectivity index (χ1v) is 7.68. The molecule has 0 radical (unpaired) electrons. The SMILES string of the molecule is COC(=O)C1=C(C)NC2=CCCC(=O)C2C1c1cc(F)ccc1F. The number of esters is 1. The summed E-state index contributed by atoms with van der Waals surface area (Å²) in [6, 6.07) is 3.06. The van der Waals surface area contributed by atoms with Crippen LogP contribution in [-0.4, -0.2) is 18.9 Å². The lowest BCUT2D eigenvalue weighted by Gasteiger charge is -2.37. The van der Waals surface area contributed by atoms with E-state index in [1.807, 2.05) is 6.08 Å². The van der Waals surface area contributed by atoms with Gasteiger partial charge in [0.15, 0.2) is 0 Å². The highest BCUT2D eigenvalue weighted by atomic mass is 19.1. The summed E-state index contributed by atoms with van der Waals surface area (Å²) in [7, 11) is 1.22. The van der Waals surface area contributed by atoms with Crippen LogP contribution in [0.3, 0.4) is 0 Å². The summed E-state index contributed by atoms with van der Waals surface area (Å²) in [4.78, 5) is 24.8. The quantitative estimate of drug-likeness (QED) is 0.846. The van der Waals surface area contributed by atoms with E-state index in [0.717, 1.165) is 18.2 Å². The fourth-order valence-electron chi connectivity index (χ4n) is 3.48. The normalized spacial score (nSPS) is 23.3. The van der Waals surface area contributed by atoms with E-state index in [4.69, 9.17) is 4.74 Å². The average molecular weight is 333 g/mol. The molecule has 2 unspecified atom stereocenters. The zero-order valence-electron chi connectivity index (χ0n) is 13.4. The van der Waals surface area contributed by atoms with Crippen LogP contribution in [-0.2, 0) is 14.3 Å². The van der Waals surface area contributed by atoms with Crippen molar-refractivity contribution in [3.05, 3.63) is 58.4 Å². The number of halogens is 2. The number of carbonyl (C=O) groups is 2. The number of nitrogens with one attached hydrogen (secondary N) is 1. The van der Waals surface area contributed by atoms with Crippen LogP contribution in [0, 0.1) is 17.6 Å². The molecule has 1 aliphatic carbocycles. The van der Waals surface area contributed by atoms with Gasteiger partial charge < -0.3 is 10.1 Å². The third-order valence-electron chi connectivity index (χ3n) is 4.52. The van der Waals surface area contributed by atoms with Crippen LogP contribution < -0.4 is 5.32 Å². The number of hydrogen-bond acceptors (Lipinski definition) is 4. The number of rotatable bonds is 2. The minimum absolute atomic E-state index is 0.0117.